The van der Waals surface area contributed by atoms with E-state index >= 15 is 0 Å². The van der Waals surface area contributed by atoms with Crippen LogP contribution in [0.2, 0.25) is 0 Å². The number of rotatable bonds is 5. The van der Waals surface area contributed by atoms with Crippen LogP contribution >= 0.6 is 11.8 Å². The molecular weight excluding hydrogens is 264 g/mol. The Kier molecular flexibility index (Phi) is 4.16. The van der Waals surface area contributed by atoms with Crippen molar-refractivity contribution in [2.75, 3.05) is 17.3 Å². The number of anilines is 1. The monoisotopic (exact) mass is 278 g/mol. The zero-order chi connectivity index (χ0) is 13.8. The normalized spacial score (nSPS) is 12.3. The maximum Gasteiger partial charge on any atom is 0.270 e. The summed E-state index contributed by atoms with van der Waals surface area (Å²) < 4.78 is 0. The molecule has 0 fully saturated rings. The molecule has 7 heteroatoms. The van der Waals surface area contributed by atoms with Gasteiger partial charge in [-0.3, -0.25) is 10.1 Å². The number of non-ortho nitro benzene ring substituents is 1. The lowest BCUT2D eigenvalue weighted by atomic mass is 10.2. The van der Waals surface area contributed by atoms with Crippen LogP contribution in [0.5, 0.6) is 0 Å². The molecular formula is C12H14N4O2S. The Balaban J connectivity index is 2.42. The van der Waals surface area contributed by atoms with Crippen molar-refractivity contribution < 1.29 is 4.92 Å². The van der Waals surface area contributed by atoms with Crippen molar-refractivity contribution in [3.05, 3.63) is 34.6 Å². The molecule has 1 atom stereocenters. The number of nitro benzene ring substituents is 1. The van der Waals surface area contributed by atoms with E-state index in [0.29, 0.717) is 16.7 Å². The van der Waals surface area contributed by atoms with Gasteiger partial charge in [0.05, 0.1) is 10.4 Å². The fraction of sp³-hybridized carbons (Fsp3) is 0.333. The molecule has 1 heterocycles. The second-order valence-electron chi connectivity index (χ2n) is 4.18. The molecule has 0 aliphatic carbocycles. The Bertz CT molecular complexity index is 605. The number of nitrogens with zero attached hydrogens (tertiary/aromatic N) is 3. The second-order valence-corrected chi connectivity index (χ2v) is 5.09. The van der Waals surface area contributed by atoms with Crippen LogP contribution in [0, 0.1) is 10.1 Å². The summed E-state index contributed by atoms with van der Waals surface area (Å²) in [7, 11) is 0. The van der Waals surface area contributed by atoms with E-state index in [4.69, 9.17) is 0 Å². The predicted octanol–water partition coefficient (Wildman–Crippen LogP) is 2.70. The number of fused-ring (bicyclic) bond motifs is 1. The van der Waals surface area contributed by atoms with Gasteiger partial charge in [0.1, 0.15) is 12.1 Å². The van der Waals surface area contributed by atoms with Gasteiger partial charge in [-0.25, -0.2) is 9.97 Å². The standard InChI is InChI=1S/C12H14N4O2S/c1-8(6-19-2)15-12-10-5-9(16(17)18)3-4-11(10)13-7-14-12/h3-5,7-8H,6H2,1-2H3,(H,13,14,15). The highest BCUT2D eigenvalue weighted by atomic mass is 32.2. The summed E-state index contributed by atoms with van der Waals surface area (Å²) in [5.74, 6) is 1.57. The molecule has 0 bridgehead atoms. The summed E-state index contributed by atoms with van der Waals surface area (Å²) in [6.45, 7) is 2.04. The van der Waals surface area contributed by atoms with Gasteiger partial charge in [0.15, 0.2) is 0 Å². The molecule has 0 saturated heterocycles. The zero-order valence-corrected chi connectivity index (χ0v) is 11.5. The summed E-state index contributed by atoms with van der Waals surface area (Å²) in [5, 5.41) is 14.7. The lowest BCUT2D eigenvalue weighted by Gasteiger charge is -2.14. The molecule has 0 aliphatic rings. The summed E-state index contributed by atoms with van der Waals surface area (Å²) >= 11 is 1.73. The van der Waals surface area contributed by atoms with Crippen molar-refractivity contribution >= 4 is 34.2 Å². The highest BCUT2D eigenvalue weighted by Gasteiger charge is 2.11. The van der Waals surface area contributed by atoms with Gasteiger partial charge in [0.25, 0.3) is 5.69 Å². The van der Waals surface area contributed by atoms with Crippen LogP contribution in [0.15, 0.2) is 24.5 Å². The van der Waals surface area contributed by atoms with Crippen molar-refractivity contribution in [3.8, 4) is 0 Å². The van der Waals surface area contributed by atoms with Gasteiger partial charge in [-0.1, -0.05) is 0 Å². The van der Waals surface area contributed by atoms with Crippen molar-refractivity contribution in [3.63, 3.8) is 0 Å². The van der Waals surface area contributed by atoms with E-state index in [1.807, 2.05) is 13.2 Å². The number of hydrogen-bond donors (Lipinski definition) is 1. The van der Waals surface area contributed by atoms with Crippen LogP contribution in [0.3, 0.4) is 0 Å². The van der Waals surface area contributed by atoms with Crippen molar-refractivity contribution in [1.29, 1.82) is 0 Å². The lowest BCUT2D eigenvalue weighted by Crippen LogP contribution is -2.18. The van der Waals surface area contributed by atoms with Crippen LogP contribution < -0.4 is 5.32 Å². The van der Waals surface area contributed by atoms with Crippen molar-refractivity contribution in [2.45, 2.75) is 13.0 Å². The van der Waals surface area contributed by atoms with Gasteiger partial charge >= 0.3 is 0 Å². The highest BCUT2D eigenvalue weighted by Crippen LogP contribution is 2.24. The van der Waals surface area contributed by atoms with Gasteiger partial charge in [0, 0.05) is 29.3 Å². The Morgan fingerprint density at radius 2 is 2.26 bits per heavy atom. The predicted molar refractivity (Wildman–Crippen MR) is 77.7 cm³/mol. The Labute approximate surface area is 114 Å². The van der Waals surface area contributed by atoms with Gasteiger partial charge in [-0.15, -0.1) is 0 Å². The third kappa shape index (κ3) is 3.11. The molecule has 0 saturated carbocycles. The third-order valence-electron chi connectivity index (χ3n) is 2.63. The first-order valence-electron chi connectivity index (χ1n) is 5.76. The minimum absolute atomic E-state index is 0.0443. The van der Waals surface area contributed by atoms with E-state index in [9.17, 15) is 10.1 Å². The SMILES string of the molecule is CSCC(C)Nc1ncnc2ccc([N+](=O)[O-])cc12. The Hall–Kier alpha value is -1.89. The van der Waals surface area contributed by atoms with E-state index in [1.54, 1.807) is 17.8 Å². The largest absolute Gasteiger partial charge is 0.366 e. The van der Waals surface area contributed by atoms with Gasteiger partial charge in [0.2, 0.25) is 0 Å². The molecule has 19 heavy (non-hydrogen) atoms. The van der Waals surface area contributed by atoms with E-state index < -0.39 is 4.92 Å². The molecule has 100 valence electrons. The minimum atomic E-state index is -0.415. The summed E-state index contributed by atoms with van der Waals surface area (Å²) in [4.78, 5) is 18.7. The molecule has 0 amide bonds. The fourth-order valence-electron chi connectivity index (χ4n) is 1.80. The number of thioether (sulfide) groups is 1. The second kappa shape index (κ2) is 5.83. The number of nitro groups is 1. The van der Waals surface area contributed by atoms with Crippen molar-refractivity contribution in [1.82, 2.24) is 9.97 Å². The third-order valence-corrected chi connectivity index (χ3v) is 3.46. The van der Waals surface area contributed by atoms with E-state index in [2.05, 4.69) is 15.3 Å². The maximum absolute atomic E-state index is 10.8. The number of aromatic nitrogens is 2. The van der Waals surface area contributed by atoms with Crippen LogP contribution in [-0.2, 0) is 0 Å². The minimum Gasteiger partial charge on any atom is -0.366 e. The summed E-state index contributed by atoms with van der Waals surface area (Å²) in [5.41, 5.74) is 0.738. The fourth-order valence-corrected chi connectivity index (χ4v) is 2.38. The molecule has 0 radical (unpaired) electrons. The summed E-state index contributed by atoms with van der Waals surface area (Å²) in [6, 6.07) is 4.82. The maximum atomic E-state index is 10.8. The molecule has 2 aromatic rings. The summed E-state index contributed by atoms with van der Waals surface area (Å²) in [6.07, 6.45) is 3.49. The molecule has 1 unspecified atom stereocenters. The molecule has 6 nitrogen and oxygen atoms in total. The van der Waals surface area contributed by atoms with E-state index in [1.165, 1.54) is 18.5 Å². The quantitative estimate of drug-likeness (QED) is 0.669. The first-order valence-corrected chi connectivity index (χ1v) is 7.16. The van der Waals surface area contributed by atoms with Gasteiger partial charge in [-0.05, 0) is 19.2 Å². The van der Waals surface area contributed by atoms with Crippen LogP contribution in [0.25, 0.3) is 10.9 Å². The molecule has 1 N–H and O–H groups in total. The zero-order valence-electron chi connectivity index (χ0n) is 10.7. The molecule has 1 aromatic heterocycles. The van der Waals surface area contributed by atoms with Crippen LogP contribution in [-0.4, -0.2) is 32.9 Å². The topological polar surface area (TPSA) is 81.0 Å². The number of hydrogen-bond acceptors (Lipinski definition) is 6. The van der Waals surface area contributed by atoms with Gasteiger partial charge in [-0.2, -0.15) is 11.8 Å². The van der Waals surface area contributed by atoms with E-state index in [-0.39, 0.29) is 11.7 Å². The smallest absolute Gasteiger partial charge is 0.270 e. The molecule has 1 aromatic carbocycles. The number of benzene rings is 1. The van der Waals surface area contributed by atoms with Crippen LogP contribution in [0.4, 0.5) is 11.5 Å². The Morgan fingerprint density at radius 3 is 2.95 bits per heavy atom. The first kappa shape index (κ1) is 13.5. The van der Waals surface area contributed by atoms with Crippen molar-refractivity contribution in [2.24, 2.45) is 0 Å². The highest BCUT2D eigenvalue weighted by molar-refractivity contribution is 7.98. The van der Waals surface area contributed by atoms with E-state index in [0.717, 1.165) is 5.75 Å². The molecule has 0 spiro atoms. The Morgan fingerprint density at radius 1 is 1.47 bits per heavy atom. The lowest BCUT2D eigenvalue weighted by molar-refractivity contribution is -0.384. The number of nitrogens with one attached hydrogen (secondary N) is 1. The molecule has 0 aliphatic heterocycles. The average molecular weight is 278 g/mol. The average Bonchev–Trinajstić information content (AvgIpc) is 2.38. The van der Waals surface area contributed by atoms with Crippen LogP contribution in [0.1, 0.15) is 6.92 Å². The molecule has 2 rings (SSSR count). The first-order chi connectivity index (χ1) is 9.11. The van der Waals surface area contributed by atoms with Gasteiger partial charge < -0.3 is 5.32 Å².